The van der Waals surface area contributed by atoms with E-state index in [0.717, 1.165) is 6.07 Å². The van der Waals surface area contributed by atoms with Crippen LogP contribution in [0.3, 0.4) is 0 Å². The zero-order valence-corrected chi connectivity index (χ0v) is 12.9. The first-order valence-electron chi connectivity index (χ1n) is 5.31. The number of hydrogen-bond acceptors (Lipinski definition) is 6. The molecule has 2 aromatic carbocycles. The topological polar surface area (TPSA) is 163 Å². The molecular weight excluding hydrogens is 383 g/mol. The van der Waals surface area contributed by atoms with Gasteiger partial charge in [0.1, 0.15) is 14.7 Å². The maximum absolute atomic E-state index is 11.5. The monoisotopic (exact) mass is 392 g/mol. The zero-order valence-electron chi connectivity index (χ0n) is 10.4. The van der Waals surface area contributed by atoms with E-state index in [4.69, 9.17) is 9.11 Å². The van der Waals surface area contributed by atoms with E-state index in [1.807, 2.05) is 0 Å². The Labute approximate surface area is 153 Å². The van der Waals surface area contributed by atoms with Crippen LogP contribution in [0.25, 0.3) is 10.8 Å². The van der Waals surface area contributed by atoms with Crippen molar-refractivity contribution in [1.29, 1.82) is 0 Å². The van der Waals surface area contributed by atoms with Gasteiger partial charge in [0.25, 0.3) is 30.4 Å². The Morgan fingerprint density at radius 1 is 0.696 bits per heavy atom. The summed E-state index contributed by atoms with van der Waals surface area (Å²) in [6.07, 6.45) is 0. The standard InChI is InChI=1S/C10H8O9S3.Na.H/c11-20(12,13)8-5-6-3-1-2-4-7(6)9(21(14,15)16)10(8)22(17,18)19;;/h1-5H,(H,11,12,13)(H,14,15,16)(H,17,18,19);;. The van der Waals surface area contributed by atoms with Crippen molar-refractivity contribution < 1.29 is 38.9 Å². The third-order valence-electron chi connectivity index (χ3n) is 2.72. The summed E-state index contributed by atoms with van der Waals surface area (Å²) in [4.78, 5) is -4.31. The van der Waals surface area contributed by atoms with Crippen molar-refractivity contribution >= 4 is 70.7 Å². The Hall–Kier alpha value is -0.570. The molecule has 0 aliphatic heterocycles. The molecule has 9 nitrogen and oxygen atoms in total. The Kier molecular flexibility index (Phi) is 5.68. The molecule has 0 amide bonds. The molecule has 2 aromatic rings. The van der Waals surface area contributed by atoms with E-state index in [2.05, 4.69) is 0 Å². The number of benzene rings is 2. The van der Waals surface area contributed by atoms with E-state index >= 15 is 0 Å². The van der Waals surface area contributed by atoms with Gasteiger partial charge >= 0.3 is 29.6 Å². The summed E-state index contributed by atoms with van der Waals surface area (Å²) in [6.45, 7) is 0. The van der Waals surface area contributed by atoms with Gasteiger partial charge in [-0.2, -0.15) is 25.3 Å². The molecule has 13 heteroatoms. The molecule has 0 spiro atoms. The van der Waals surface area contributed by atoms with E-state index < -0.39 is 45.0 Å². The van der Waals surface area contributed by atoms with E-state index in [-0.39, 0.29) is 40.3 Å². The van der Waals surface area contributed by atoms with E-state index in [1.54, 1.807) is 0 Å². The molecule has 0 radical (unpaired) electrons. The first-order valence-corrected chi connectivity index (χ1v) is 9.63. The Morgan fingerprint density at radius 3 is 1.61 bits per heavy atom. The molecule has 0 aliphatic rings. The van der Waals surface area contributed by atoms with Crippen molar-refractivity contribution in [3.05, 3.63) is 30.3 Å². The molecule has 0 heterocycles. The quantitative estimate of drug-likeness (QED) is 0.479. The van der Waals surface area contributed by atoms with Crippen LogP contribution in [-0.2, 0) is 30.4 Å². The fraction of sp³-hybridized carbons (Fsp3) is 0. The number of hydrogen-bond donors (Lipinski definition) is 3. The summed E-state index contributed by atoms with van der Waals surface area (Å²) in [6, 6.07) is 5.69. The molecular formula is C10H9NaO9S3. The van der Waals surface area contributed by atoms with Gasteiger partial charge in [0.05, 0.1) is 0 Å². The summed E-state index contributed by atoms with van der Waals surface area (Å²) in [7, 11) is -15.8. The van der Waals surface area contributed by atoms with Gasteiger partial charge in [0.2, 0.25) is 0 Å². The third kappa shape index (κ3) is 4.10. The molecule has 2 rings (SSSR count). The summed E-state index contributed by atoms with van der Waals surface area (Å²) < 4.78 is 96.0. The van der Waals surface area contributed by atoms with E-state index in [0.29, 0.717) is 6.07 Å². The minimum absolute atomic E-state index is 0. The van der Waals surface area contributed by atoms with Crippen LogP contribution in [0.15, 0.2) is 45.0 Å². The first kappa shape index (κ1) is 20.5. The van der Waals surface area contributed by atoms with Gasteiger partial charge in [-0.25, -0.2) is 0 Å². The van der Waals surface area contributed by atoms with Gasteiger partial charge in [0.15, 0.2) is 0 Å². The molecule has 3 N–H and O–H groups in total. The van der Waals surface area contributed by atoms with Crippen LogP contribution in [0, 0.1) is 0 Å². The second-order valence-corrected chi connectivity index (χ2v) is 8.29. The van der Waals surface area contributed by atoms with Gasteiger partial charge in [-0.05, 0) is 11.5 Å². The van der Waals surface area contributed by atoms with Gasteiger partial charge in [-0.1, -0.05) is 24.3 Å². The Bertz CT molecular complexity index is 1090. The number of fused-ring (bicyclic) bond motifs is 1. The SMILES string of the molecule is O=S(=O)(O)c1cc2ccccc2c(S(=O)(=O)O)c1S(=O)(=O)O.[NaH]. The van der Waals surface area contributed by atoms with E-state index in [1.165, 1.54) is 18.2 Å². The van der Waals surface area contributed by atoms with Gasteiger partial charge in [0, 0.05) is 5.39 Å². The van der Waals surface area contributed by atoms with Crippen molar-refractivity contribution in [2.24, 2.45) is 0 Å². The third-order valence-corrected chi connectivity index (χ3v) is 5.73. The van der Waals surface area contributed by atoms with E-state index in [9.17, 15) is 29.8 Å². The molecule has 0 aromatic heterocycles. The van der Waals surface area contributed by atoms with Crippen LogP contribution in [0.1, 0.15) is 0 Å². The second kappa shape index (κ2) is 6.38. The molecule has 0 fully saturated rings. The van der Waals surface area contributed by atoms with Crippen LogP contribution in [0.5, 0.6) is 0 Å². The van der Waals surface area contributed by atoms with Crippen LogP contribution in [-0.4, -0.2) is 68.5 Å². The van der Waals surface area contributed by atoms with Crippen molar-refractivity contribution in [2.75, 3.05) is 0 Å². The van der Waals surface area contributed by atoms with Crippen molar-refractivity contribution in [2.45, 2.75) is 14.7 Å². The van der Waals surface area contributed by atoms with Gasteiger partial charge in [-0.3, -0.25) is 13.7 Å². The maximum atomic E-state index is 11.5. The van der Waals surface area contributed by atoms with Crippen LogP contribution >= 0.6 is 0 Å². The zero-order chi connectivity index (χ0) is 16.9. The van der Waals surface area contributed by atoms with Crippen molar-refractivity contribution in [1.82, 2.24) is 0 Å². The fourth-order valence-corrected chi connectivity index (χ4v) is 5.37. The van der Waals surface area contributed by atoms with Crippen LogP contribution in [0.4, 0.5) is 0 Å². The summed E-state index contributed by atoms with van der Waals surface area (Å²) in [5.41, 5.74) is 0. The number of rotatable bonds is 3. The molecule has 0 unspecified atom stereocenters. The van der Waals surface area contributed by atoms with Gasteiger partial charge in [-0.15, -0.1) is 0 Å². The average molecular weight is 392 g/mol. The van der Waals surface area contributed by atoms with Crippen molar-refractivity contribution in [3.63, 3.8) is 0 Å². The minimum atomic E-state index is -5.40. The Balaban J connectivity index is 0.00000264. The molecule has 23 heavy (non-hydrogen) atoms. The molecule has 0 saturated heterocycles. The average Bonchev–Trinajstić information content (AvgIpc) is 2.33. The summed E-state index contributed by atoms with van der Waals surface area (Å²) in [5, 5.41) is -0.430. The fourth-order valence-electron chi connectivity index (χ4n) is 1.96. The molecule has 0 bridgehead atoms. The molecule has 0 aliphatic carbocycles. The molecule has 0 atom stereocenters. The van der Waals surface area contributed by atoms with Crippen LogP contribution < -0.4 is 0 Å². The van der Waals surface area contributed by atoms with Gasteiger partial charge < -0.3 is 0 Å². The summed E-state index contributed by atoms with van der Waals surface area (Å²) >= 11 is 0. The molecule has 0 saturated carbocycles. The second-order valence-electron chi connectivity index (χ2n) is 4.18. The predicted octanol–water partition coefficient (Wildman–Crippen LogP) is -0.0686. The normalized spacial score (nSPS) is 12.8. The Morgan fingerprint density at radius 2 is 1.17 bits per heavy atom. The van der Waals surface area contributed by atoms with Crippen LogP contribution in [0.2, 0.25) is 0 Å². The summed E-state index contributed by atoms with van der Waals surface area (Å²) in [5.74, 6) is 0. The van der Waals surface area contributed by atoms with Crippen molar-refractivity contribution in [3.8, 4) is 0 Å². The first-order chi connectivity index (χ1) is 9.83. The predicted molar refractivity (Wildman–Crippen MR) is 80.5 cm³/mol. The molecule has 122 valence electrons.